The molecule has 1 atom stereocenters. The zero-order chi connectivity index (χ0) is 10.5. The molecule has 0 rings (SSSR count). The SMILES string of the molecule is CCC(CCN)N(C)CC(C)(C)C. The molecule has 0 fully saturated rings. The zero-order valence-corrected chi connectivity index (χ0v) is 9.93. The molecule has 0 aliphatic rings. The van der Waals surface area contributed by atoms with Gasteiger partial charge >= 0.3 is 0 Å². The Hall–Kier alpha value is -0.0800. The zero-order valence-electron chi connectivity index (χ0n) is 9.93. The highest BCUT2D eigenvalue weighted by Crippen LogP contribution is 2.17. The monoisotopic (exact) mass is 186 g/mol. The van der Waals surface area contributed by atoms with Crippen molar-refractivity contribution >= 4 is 0 Å². The molecule has 0 aromatic carbocycles. The molecule has 0 saturated heterocycles. The van der Waals surface area contributed by atoms with Crippen molar-refractivity contribution in [2.75, 3.05) is 20.1 Å². The highest BCUT2D eigenvalue weighted by molar-refractivity contribution is 4.73. The lowest BCUT2D eigenvalue weighted by atomic mass is 9.95. The van der Waals surface area contributed by atoms with Crippen LogP contribution >= 0.6 is 0 Å². The Labute approximate surface area is 83.5 Å². The molecule has 0 amide bonds. The molecular formula is C11H26N2. The van der Waals surface area contributed by atoms with Crippen LogP contribution in [0.25, 0.3) is 0 Å². The summed E-state index contributed by atoms with van der Waals surface area (Å²) >= 11 is 0. The highest BCUT2D eigenvalue weighted by Gasteiger charge is 2.18. The fourth-order valence-corrected chi connectivity index (χ4v) is 1.81. The number of hydrogen-bond donors (Lipinski definition) is 1. The summed E-state index contributed by atoms with van der Waals surface area (Å²) in [4.78, 5) is 2.44. The van der Waals surface area contributed by atoms with Crippen LogP contribution in [0.1, 0.15) is 40.5 Å². The summed E-state index contributed by atoms with van der Waals surface area (Å²) in [6.45, 7) is 11.0. The minimum atomic E-state index is 0.386. The highest BCUT2D eigenvalue weighted by atomic mass is 15.1. The third kappa shape index (κ3) is 6.05. The maximum Gasteiger partial charge on any atom is 0.0102 e. The summed E-state index contributed by atoms with van der Waals surface area (Å²) < 4.78 is 0. The average Bonchev–Trinajstić information content (AvgIpc) is 1.96. The minimum Gasteiger partial charge on any atom is -0.330 e. The Kier molecular flexibility index (Phi) is 5.57. The minimum absolute atomic E-state index is 0.386. The van der Waals surface area contributed by atoms with Crippen LogP contribution in [0.3, 0.4) is 0 Å². The Morgan fingerprint density at radius 2 is 1.85 bits per heavy atom. The fraction of sp³-hybridized carbons (Fsp3) is 1.00. The fourth-order valence-electron chi connectivity index (χ4n) is 1.81. The molecule has 13 heavy (non-hydrogen) atoms. The van der Waals surface area contributed by atoms with E-state index in [-0.39, 0.29) is 0 Å². The van der Waals surface area contributed by atoms with Crippen LogP contribution in [-0.2, 0) is 0 Å². The van der Waals surface area contributed by atoms with Gasteiger partial charge in [-0.05, 0) is 31.8 Å². The first-order valence-corrected chi connectivity index (χ1v) is 5.31. The second-order valence-electron chi connectivity index (χ2n) is 5.12. The third-order valence-electron chi connectivity index (χ3n) is 2.32. The largest absolute Gasteiger partial charge is 0.330 e. The van der Waals surface area contributed by atoms with E-state index in [2.05, 4.69) is 39.6 Å². The van der Waals surface area contributed by atoms with Crippen LogP contribution in [-0.4, -0.2) is 31.1 Å². The molecule has 1 unspecified atom stereocenters. The lowest BCUT2D eigenvalue weighted by Gasteiger charge is -2.32. The maximum absolute atomic E-state index is 5.58. The van der Waals surface area contributed by atoms with E-state index < -0.39 is 0 Å². The van der Waals surface area contributed by atoms with E-state index in [0.29, 0.717) is 11.5 Å². The van der Waals surface area contributed by atoms with Crippen LogP contribution in [0.2, 0.25) is 0 Å². The molecule has 0 aliphatic heterocycles. The second-order valence-corrected chi connectivity index (χ2v) is 5.12. The van der Waals surface area contributed by atoms with Crippen LogP contribution in [0.5, 0.6) is 0 Å². The maximum atomic E-state index is 5.58. The summed E-state index contributed by atoms with van der Waals surface area (Å²) in [7, 11) is 2.20. The molecule has 0 aliphatic carbocycles. The van der Waals surface area contributed by atoms with Crippen molar-refractivity contribution in [2.24, 2.45) is 11.1 Å². The standard InChI is InChI=1S/C11H26N2/c1-6-10(7-8-12)13(5)9-11(2,3)4/h10H,6-9,12H2,1-5H3. The van der Waals surface area contributed by atoms with Crippen LogP contribution in [0, 0.1) is 5.41 Å². The molecule has 0 heterocycles. The summed E-state index contributed by atoms with van der Waals surface area (Å²) in [5.74, 6) is 0. The number of rotatable bonds is 5. The summed E-state index contributed by atoms with van der Waals surface area (Å²) in [5.41, 5.74) is 5.97. The molecule has 2 heteroatoms. The lowest BCUT2D eigenvalue weighted by Crippen LogP contribution is -2.38. The van der Waals surface area contributed by atoms with Gasteiger partial charge in [0.2, 0.25) is 0 Å². The topological polar surface area (TPSA) is 29.3 Å². The number of hydrogen-bond acceptors (Lipinski definition) is 2. The Bertz CT molecular complexity index is 127. The van der Waals surface area contributed by atoms with Crippen LogP contribution < -0.4 is 5.73 Å². The Morgan fingerprint density at radius 3 is 2.15 bits per heavy atom. The van der Waals surface area contributed by atoms with Crippen molar-refractivity contribution < 1.29 is 0 Å². The van der Waals surface area contributed by atoms with Crippen molar-refractivity contribution in [3.8, 4) is 0 Å². The lowest BCUT2D eigenvalue weighted by molar-refractivity contribution is 0.162. The van der Waals surface area contributed by atoms with Gasteiger partial charge in [0.1, 0.15) is 0 Å². The van der Waals surface area contributed by atoms with Gasteiger partial charge in [-0.2, -0.15) is 0 Å². The second kappa shape index (κ2) is 5.61. The van der Waals surface area contributed by atoms with Gasteiger partial charge < -0.3 is 10.6 Å². The molecule has 2 N–H and O–H groups in total. The molecule has 80 valence electrons. The predicted octanol–water partition coefficient (Wildman–Crippen LogP) is 2.09. The van der Waals surface area contributed by atoms with E-state index in [1.807, 2.05) is 0 Å². The molecule has 0 bridgehead atoms. The normalized spacial score (nSPS) is 15.0. The number of nitrogens with zero attached hydrogens (tertiary/aromatic N) is 1. The smallest absolute Gasteiger partial charge is 0.0102 e. The van der Waals surface area contributed by atoms with E-state index in [9.17, 15) is 0 Å². The molecular weight excluding hydrogens is 160 g/mol. The van der Waals surface area contributed by atoms with E-state index in [0.717, 1.165) is 19.5 Å². The van der Waals surface area contributed by atoms with Crippen molar-refractivity contribution in [1.82, 2.24) is 4.90 Å². The summed E-state index contributed by atoms with van der Waals surface area (Å²) in [6, 6.07) is 0.657. The van der Waals surface area contributed by atoms with E-state index in [1.54, 1.807) is 0 Å². The third-order valence-corrected chi connectivity index (χ3v) is 2.32. The van der Waals surface area contributed by atoms with Gasteiger partial charge in [0, 0.05) is 12.6 Å². The van der Waals surface area contributed by atoms with Crippen LogP contribution in [0.4, 0.5) is 0 Å². The Balaban J connectivity index is 3.97. The first kappa shape index (κ1) is 12.9. The van der Waals surface area contributed by atoms with Crippen molar-refractivity contribution in [3.05, 3.63) is 0 Å². The van der Waals surface area contributed by atoms with Gasteiger partial charge in [-0.25, -0.2) is 0 Å². The van der Waals surface area contributed by atoms with Gasteiger partial charge in [-0.15, -0.1) is 0 Å². The Morgan fingerprint density at radius 1 is 1.31 bits per heavy atom. The van der Waals surface area contributed by atoms with Crippen molar-refractivity contribution in [2.45, 2.75) is 46.6 Å². The summed E-state index contributed by atoms with van der Waals surface area (Å²) in [6.07, 6.45) is 2.31. The molecule has 0 aromatic rings. The van der Waals surface area contributed by atoms with Gasteiger partial charge in [0.15, 0.2) is 0 Å². The van der Waals surface area contributed by atoms with Gasteiger partial charge in [0.25, 0.3) is 0 Å². The molecule has 0 aromatic heterocycles. The van der Waals surface area contributed by atoms with E-state index >= 15 is 0 Å². The number of nitrogens with two attached hydrogens (primary N) is 1. The van der Waals surface area contributed by atoms with Crippen molar-refractivity contribution in [1.29, 1.82) is 0 Å². The molecule has 0 radical (unpaired) electrons. The molecule has 0 saturated carbocycles. The van der Waals surface area contributed by atoms with Gasteiger partial charge in [-0.3, -0.25) is 0 Å². The van der Waals surface area contributed by atoms with Gasteiger partial charge in [0.05, 0.1) is 0 Å². The first-order chi connectivity index (χ1) is 5.90. The molecule has 0 spiro atoms. The van der Waals surface area contributed by atoms with Crippen molar-refractivity contribution in [3.63, 3.8) is 0 Å². The van der Waals surface area contributed by atoms with Gasteiger partial charge in [-0.1, -0.05) is 27.7 Å². The van der Waals surface area contributed by atoms with Crippen LogP contribution in [0.15, 0.2) is 0 Å². The summed E-state index contributed by atoms with van der Waals surface area (Å²) in [5, 5.41) is 0. The van der Waals surface area contributed by atoms with E-state index in [4.69, 9.17) is 5.73 Å². The molecule has 2 nitrogen and oxygen atoms in total. The van der Waals surface area contributed by atoms with E-state index in [1.165, 1.54) is 6.42 Å². The predicted molar refractivity (Wildman–Crippen MR) is 59.8 cm³/mol. The quantitative estimate of drug-likeness (QED) is 0.712. The first-order valence-electron chi connectivity index (χ1n) is 5.31. The average molecular weight is 186 g/mol.